The minimum absolute atomic E-state index is 0.0265. The number of nitro benzene ring substituents is 1. The van der Waals surface area contributed by atoms with Gasteiger partial charge in [-0.2, -0.15) is 0 Å². The molecule has 2 fully saturated rings. The third kappa shape index (κ3) is 3.22. The van der Waals surface area contributed by atoms with Gasteiger partial charge in [0.05, 0.1) is 18.1 Å². The van der Waals surface area contributed by atoms with Crippen molar-refractivity contribution >= 4 is 34.9 Å². The number of urea groups is 1. The number of anilines is 2. The van der Waals surface area contributed by atoms with Gasteiger partial charge in [-0.05, 0) is 35.9 Å². The van der Waals surface area contributed by atoms with Crippen molar-refractivity contribution < 1.29 is 24.0 Å². The molecular weight excluding hydrogens is 454 g/mol. The van der Waals surface area contributed by atoms with Crippen LogP contribution in [0, 0.1) is 15.5 Å². The monoisotopic (exact) mass is 479 g/mol. The van der Waals surface area contributed by atoms with Crippen LogP contribution in [0.25, 0.3) is 0 Å². The average Bonchev–Trinajstić information content (AvgIpc) is 2.89. The van der Waals surface area contributed by atoms with Crippen molar-refractivity contribution in [2.45, 2.75) is 12.5 Å². The van der Waals surface area contributed by atoms with Crippen LogP contribution in [0.5, 0.6) is 5.75 Å². The quantitative estimate of drug-likeness (QED) is 0.372. The molecule has 0 aliphatic carbocycles. The summed E-state index contributed by atoms with van der Waals surface area (Å²) in [6.07, 6.45) is -0.0265. The van der Waals surface area contributed by atoms with E-state index < -0.39 is 34.2 Å². The molecule has 35 heavy (non-hydrogen) atoms. The Morgan fingerprint density at radius 1 is 1.00 bits per heavy atom. The summed E-state index contributed by atoms with van der Waals surface area (Å²) in [7, 11) is 4.33. The third-order valence-electron chi connectivity index (χ3n) is 7.39. The molecular formula is C24H25N5O6. The lowest BCUT2D eigenvalue weighted by Crippen LogP contribution is -2.74. The highest BCUT2D eigenvalue weighted by Crippen LogP contribution is 2.47. The number of carbonyl (C=O) groups is 3. The van der Waals surface area contributed by atoms with Crippen molar-refractivity contribution in [3.8, 4) is 5.75 Å². The fourth-order valence-electron chi connectivity index (χ4n) is 5.57. The Balaban J connectivity index is 1.63. The second-order valence-electron chi connectivity index (χ2n) is 9.08. The molecule has 3 aliphatic heterocycles. The smallest absolute Gasteiger partial charge is 0.332 e. The summed E-state index contributed by atoms with van der Waals surface area (Å²) in [6.45, 7) is 1.46. The number of nitro groups is 1. The van der Waals surface area contributed by atoms with Gasteiger partial charge in [0, 0.05) is 63.7 Å². The molecule has 5 rings (SSSR count). The second kappa shape index (κ2) is 7.97. The summed E-state index contributed by atoms with van der Waals surface area (Å²) in [6, 6.07) is 10.8. The Hall–Kier alpha value is -4.15. The highest BCUT2D eigenvalue weighted by molar-refractivity contribution is 6.20. The minimum Gasteiger partial charge on any atom is -0.497 e. The molecule has 11 heteroatoms. The molecule has 2 saturated heterocycles. The maximum atomic E-state index is 13.7. The third-order valence-corrected chi connectivity index (χ3v) is 7.39. The molecule has 2 aromatic rings. The molecule has 0 bridgehead atoms. The molecule has 4 amide bonds. The normalized spacial score (nSPS) is 21.2. The molecule has 0 saturated carbocycles. The molecule has 0 unspecified atom stereocenters. The van der Waals surface area contributed by atoms with E-state index in [0.29, 0.717) is 25.2 Å². The number of benzene rings is 2. The van der Waals surface area contributed by atoms with Crippen LogP contribution in [-0.4, -0.2) is 79.4 Å². The molecule has 0 aromatic heterocycles. The van der Waals surface area contributed by atoms with E-state index in [0.717, 1.165) is 26.9 Å². The standard InChI is InChI=1S/C24H25N5O6/c1-25-21(30)24(22(31)26(2)23(25)32)13-15-12-17(29(33)34)6-9-19(15)28-11-10-27(14-20(24)28)16-4-7-18(35-3)8-5-16/h4-9,12,20H,10-11,13-14H2,1-3H3/t20-/m1/s1. The number of hydrogen-bond donors (Lipinski definition) is 0. The van der Waals surface area contributed by atoms with Crippen molar-refractivity contribution in [2.75, 3.05) is 50.6 Å². The van der Waals surface area contributed by atoms with Crippen molar-refractivity contribution in [3.05, 3.63) is 58.1 Å². The number of ether oxygens (including phenoxy) is 1. The fraction of sp³-hybridized carbons (Fsp3) is 0.375. The van der Waals surface area contributed by atoms with E-state index >= 15 is 0 Å². The molecule has 1 spiro atoms. The lowest BCUT2D eigenvalue weighted by Gasteiger charge is -2.56. The number of imide groups is 2. The summed E-state index contributed by atoms with van der Waals surface area (Å²) < 4.78 is 5.25. The van der Waals surface area contributed by atoms with Crippen LogP contribution in [0.2, 0.25) is 0 Å². The van der Waals surface area contributed by atoms with Crippen LogP contribution in [0.15, 0.2) is 42.5 Å². The van der Waals surface area contributed by atoms with Crippen LogP contribution in [0.1, 0.15) is 5.56 Å². The number of hydrogen-bond acceptors (Lipinski definition) is 8. The maximum absolute atomic E-state index is 13.7. The largest absolute Gasteiger partial charge is 0.497 e. The van der Waals surface area contributed by atoms with E-state index in [-0.39, 0.29) is 12.1 Å². The fourth-order valence-corrected chi connectivity index (χ4v) is 5.57. The Bertz CT molecular complexity index is 1220. The molecule has 0 N–H and O–H groups in total. The number of fused-ring (bicyclic) bond motifs is 4. The van der Waals surface area contributed by atoms with Gasteiger partial charge in [-0.15, -0.1) is 0 Å². The number of carbonyl (C=O) groups excluding carboxylic acids is 3. The number of nitrogens with zero attached hydrogens (tertiary/aromatic N) is 5. The first-order chi connectivity index (χ1) is 16.7. The second-order valence-corrected chi connectivity index (χ2v) is 9.08. The van der Waals surface area contributed by atoms with Gasteiger partial charge < -0.3 is 14.5 Å². The topological polar surface area (TPSA) is 117 Å². The number of amides is 4. The SMILES string of the molecule is COc1ccc(N2CCN3c4ccc([N+](=O)[O-])cc4CC4(C(=O)N(C)C(=O)N(C)C4=O)[C@H]3C2)cc1. The zero-order valence-corrected chi connectivity index (χ0v) is 19.6. The van der Waals surface area contributed by atoms with Crippen LogP contribution in [-0.2, 0) is 16.0 Å². The van der Waals surface area contributed by atoms with Gasteiger partial charge in [-0.25, -0.2) is 4.79 Å². The van der Waals surface area contributed by atoms with E-state index in [9.17, 15) is 24.5 Å². The van der Waals surface area contributed by atoms with Crippen molar-refractivity contribution in [1.82, 2.24) is 9.80 Å². The molecule has 182 valence electrons. The first-order valence-electron chi connectivity index (χ1n) is 11.2. The maximum Gasteiger partial charge on any atom is 0.332 e. The summed E-state index contributed by atoms with van der Waals surface area (Å²) >= 11 is 0. The Morgan fingerprint density at radius 3 is 2.26 bits per heavy atom. The van der Waals surface area contributed by atoms with Gasteiger partial charge in [0.25, 0.3) is 5.69 Å². The Kier molecular flexibility index (Phi) is 5.15. The number of barbiturate groups is 1. The average molecular weight is 479 g/mol. The number of non-ortho nitro benzene ring substituents is 1. The predicted octanol–water partition coefficient (Wildman–Crippen LogP) is 1.89. The van der Waals surface area contributed by atoms with Crippen LogP contribution < -0.4 is 14.5 Å². The van der Waals surface area contributed by atoms with E-state index in [2.05, 4.69) is 4.90 Å². The number of rotatable bonds is 3. The molecule has 3 aliphatic rings. The van der Waals surface area contributed by atoms with Crippen LogP contribution in [0.4, 0.5) is 21.9 Å². The highest BCUT2D eigenvalue weighted by Gasteiger charge is 2.64. The van der Waals surface area contributed by atoms with Gasteiger partial charge in [0.2, 0.25) is 11.8 Å². The summed E-state index contributed by atoms with van der Waals surface area (Å²) in [5.41, 5.74) is 0.533. The van der Waals surface area contributed by atoms with Crippen molar-refractivity contribution in [2.24, 2.45) is 5.41 Å². The van der Waals surface area contributed by atoms with E-state index in [1.54, 1.807) is 13.2 Å². The zero-order chi connectivity index (χ0) is 25.1. The first kappa shape index (κ1) is 22.6. The van der Waals surface area contributed by atoms with E-state index in [4.69, 9.17) is 4.74 Å². The molecule has 0 radical (unpaired) electrons. The first-order valence-corrected chi connectivity index (χ1v) is 11.2. The van der Waals surface area contributed by atoms with Gasteiger partial charge >= 0.3 is 6.03 Å². The highest BCUT2D eigenvalue weighted by atomic mass is 16.6. The van der Waals surface area contributed by atoms with Gasteiger partial charge in [0.1, 0.15) is 5.75 Å². The zero-order valence-electron chi connectivity index (χ0n) is 19.6. The van der Waals surface area contributed by atoms with Crippen LogP contribution in [0.3, 0.4) is 0 Å². The summed E-state index contributed by atoms with van der Waals surface area (Å²) in [5.74, 6) is -0.458. The van der Waals surface area contributed by atoms with E-state index in [1.807, 2.05) is 29.2 Å². The Labute approximate surface area is 201 Å². The summed E-state index contributed by atoms with van der Waals surface area (Å²) in [5, 5.41) is 11.4. The number of methoxy groups -OCH3 is 1. The van der Waals surface area contributed by atoms with Gasteiger partial charge in [-0.1, -0.05) is 0 Å². The predicted molar refractivity (Wildman–Crippen MR) is 127 cm³/mol. The Morgan fingerprint density at radius 2 is 1.66 bits per heavy atom. The molecule has 11 nitrogen and oxygen atoms in total. The van der Waals surface area contributed by atoms with Crippen LogP contribution >= 0.6 is 0 Å². The molecule has 3 heterocycles. The summed E-state index contributed by atoms with van der Waals surface area (Å²) in [4.78, 5) is 57.0. The van der Waals surface area contributed by atoms with Crippen molar-refractivity contribution in [1.29, 1.82) is 0 Å². The molecule has 1 atom stereocenters. The van der Waals surface area contributed by atoms with Gasteiger partial charge in [0.15, 0.2) is 5.41 Å². The molecule has 2 aromatic carbocycles. The number of piperazine rings is 1. The van der Waals surface area contributed by atoms with Crippen molar-refractivity contribution in [3.63, 3.8) is 0 Å². The van der Waals surface area contributed by atoms with Gasteiger partial charge in [-0.3, -0.25) is 29.5 Å². The minimum atomic E-state index is -1.59. The van der Waals surface area contributed by atoms with E-state index in [1.165, 1.54) is 26.2 Å². The lowest BCUT2D eigenvalue weighted by molar-refractivity contribution is -0.384. The lowest BCUT2D eigenvalue weighted by atomic mass is 9.67.